The molecule has 3 atom stereocenters. The molecule has 0 aliphatic carbocycles. The third kappa shape index (κ3) is 8.08. The summed E-state index contributed by atoms with van der Waals surface area (Å²) in [6.45, 7) is 8.97. The molecule has 10 nitrogen and oxygen atoms in total. The molecule has 10 heteroatoms. The Bertz CT molecular complexity index is 656. The van der Waals surface area contributed by atoms with Gasteiger partial charge in [-0.3, -0.25) is 14.4 Å². The molecule has 0 saturated carbocycles. The number of carboxylic acid groups (broad SMARTS) is 1. The fraction of sp³-hybridized carbons (Fsp3) is 0.737. The third-order valence-corrected chi connectivity index (χ3v) is 4.62. The molecule has 164 valence electrons. The summed E-state index contributed by atoms with van der Waals surface area (Å²) in [6.07, 6.45) is 0.260. The third-order valence-electron chi connectivity index (χ3n) is 4.62. The standard InChI is InChI=1S/C19H32N4O6/c1-18(2,3)9-13(22-16(27)19(4,5)23-17(28)29)15(26)21-12(10-24)8-11-6-7-20-14(11)25/h10-13,23H,6-9H2,1-5H3,(H,20,25)(H,21,26)(H,22,27)(H,28,29). The van der Waals surface area contributed by atoms with Gasteiger partial charge in [0, 0.05) is 12.5 Å². The zero-order valence-electron chi connectivity index (χ0n) is 17.6. The van der Waals surface area contributed by atoms with Crippen LogP contribution in [0.25, 0.3) is 0 Å². The van der Waals surface area contributed by atoms with E-state index >= 15 is 0 Å². The highest BCUT2D eigenvalue weighted by Crippen LogP contribution is 2.22. The molecule has 5 N–H and O–H groups in total. The van der Waals surface area contributed by atoms with E-state index in [0.717, 1.165) is 0 Å². The van der Waals surface area contributed by atoms with Crippen LogP contribution in [0, 0.1) is 11.3 Å². The minimum atomic E-state index is -1.45. The molecule has 4 amide bonds. The van der Waals surface area contributed by atoms with Gasteiger partial charge < -0.3 is 31.2 Å². The Labute approximate surface area is 170 Å². The van der Waals surface area contributed by atoms with Crippen LogP contribution in [0.5, 0.6) is 0 Å². The van der Waals surface area contributed by atoms with Gasteiger partial charge in [0.15, 0.2) is 0 Å². The second-order valence-corrected chi connectivity index (χ2v) is 9.11. The Kier molecular flexibility index (Phi) is 8.16. The Morgan fingerprint density at radius 1 is 1.21 bits per heavy atom. The molecule has 0 aromatic carbocycles. The van der Waals surface area contributed by atoms with E-state index in [1.54, 1.807) is 0 Å². The van der Waals surface area contributed by atoms with Gasteiger partial charge in [-0.1, -0.05) is 20.8 Å². The molecule has 1 heterocycles. The van der Waals surface area contributed by atoms with Crippen LogP contribution in [-0.2, 0) is 19.2 Å². The summed E-state index contributed by atoms with van der Waals surface area (Å²) < 4.78 is 0. The zero-order valence-corrected chi connectivity index (χ0v) is 17.6. The van der Waals surface area contributed by atoms with Crippen LogP contribution in [0.15, 0.2) is 0 Å². The van der Waals surface area contributed by atoms with Crippen molar-refractivity contribution in [3.05, 3.63) is 0 Å². The molecule has 0 aromatic heterocycles. The molecule has 1 aliphatic rings. The van der Waals surface area contributed by atoms with E-state index in [4.69, 9.17) is 5.11 Å². The first kappa shape index (κ1) is 24.4. The fourth-order valence-corrected chi connectivity index (χ4v) is 3.09. The van der Waals surface area contributed by atoms with Crippen molar-refractivity contribution >= 4 is 30.1 Å². The highest BCUT2D eigenvalue weighted by Gasteiger charge is 2.35. The lowest BCUT2D eigenvalue weighted by Crippen LogP contribution is -2.60. The number of aldehydes is 1. The lowest BCUT2D eigenvalue weighted by Gasteiger charge is -2.31. The lowest BCUT2D eigenvalue weighted by molar-refractivity contribution is -0.133. The largest absolute Gasteiger partial charge is 0.465 e. The molecule has 0 spiro atoms. The Morgan fingerprint density at radius 2 is 1.83 bits per heavy atom. The number of amides is 4. The van der Waals surface area contributed by atoms with Crippen LogP contribution in [-0.4, -0.2) is 59.4 Å². The van der Waals surface area contributed by atoms with Crippen molar-refractivity contribution in [3.63, 3.8) is 0 Å². The number of nitrogens with one attached hydrogen (secondary N) is 4. The molecule has 3 unspecified atom stereocenters. The van der Waals surface area contributed by atoms with Gasteiger partial charge in [-0.15, -0.1) is 0 Å². The average molecular weight is 412 g/mol. The van der Waals surface area contributed by atoms with E-state index in [1.807, 2.05) is 20.8 Å². The predicted molar refractivity (Wildman–Crippen MR) is 105 cm³/mol. The highest BCUT2D eigenvalue weighted by atomic mass is 16.4. The van der Waals surface area contributed by atoms with Gasteiger partial charge in [0.1, 0.15) is 17.9 Å². The number of rotatable bonds is 9. The molecule has 0 aromatic rings. The first-order valence-electron chi connectivity index (χ1n) is 9.60. The second kappa shape index (κ2) is 9.71. The van der Waals surface area contributed by atoms with E-state index in [0.29, 0.717) is 19.3 Å². The first-order valence-corrected chi connectivity index (χ1v) is 9.60. The Morgan fingerprint density at radius 3 is 2.28 bits per heavy atom. The Hall–Kier alpha value is -2.65. The maximum absolute atomic E-state index is 12.8. The summed E-state index contributed by atoms with van der Waals surface area (Å²) in [5.74, 6) is -1.72. The number of hydrogen-bond acceptors (Lipinski definition) is 5. The number of carbonyl (C=O) groups is 5. The van der Waals surface area contributed by atoms with Crippen molar-refractivity contribution in [2.45, 2.75) is 71.5 Å². The minimum absolute atomic E-state index is 0.146. The summed E-state index contributed by atoms with van der Waals surface area (Å²) in [7, 11) is 0. The van der Waals surface area contributed by atoms with E-state index in [2.05, 4.69) is 21.3 Å². The second-order valence-electron chi connectivity index (χ2n) is 9.11. The van der Waals surface area contributed by atoms with E-state index in [1.165, 1.54) is 13.8 Å². The van der Waals surface area contributed by atoms with Crippen molar-refractivity contribution in [2.75, 3.05) is 6.54 Å². The summed E-state index contributed by atoms with van der Waals surface area (Å²) in [5.41, 5.74) is -1.78. The first-order chi connectivity index (χ1) is 13.2. The van der Waals surface area contributed by atoms with Crippen molar-refractivity contribution in [3.8, 4) is 0 Å². The van der Waals surface area contributed by atoms with Crippen molar-refractivity contribution < 1.29 is 29.1 Å². The molecule has 1 fully saturated rings. The summed E-state index contributed by atoms with van der Waals surface area (Å²) in [6, 6.07) is -1.84. The smallest absolute Gasteiger partial charge is 0.405 e. The van der Waals surface area contributed by atoms with E-state index < -0.39 is 35.5 Å². The monoisotopic (exact) mass is 412 g/mol. The van der Waals surface area contributed by atoms with Gasteiger partial charge in [-0.2, -0.15) is 0 Å². The van der Waals surface area contributed by atoms with Gasteiger partial charge in [0.2, 0.25) is 17.7 Å². The van der Waals surface area contributed by atoms with Gasteiger partial charge in [0.05, 0.1) is 6.04 Å². The summed E-state index contributed by atoms with van der Waals surface area (Å²) in [4.78, 5) is 59.4. The molecule has 1 saturated heterocycles. The van der Waals surface area contributed by atoms with E-state index in [9.17, 15) is 24.0 Å². The Balaban J connectivity index is 2.87. The van der Waals surface area contributed by atoms with Crippen molar-refractivity contribution in [1.82, 2.24) is 21.3 Å². The molecular formula is C19H32N4O6. The van der Waals surface area contributed by atoms with Crippen LogP contribution in [0.2, 0.25) is 0 Å². The van der Waals surface area contributed by atoms with Crippen LogP contribution in [0.3, 0.4) is 0 Å². The van der Waals surface area contributed by atoms with Crippen molar-refractivity contribution in [2.24, 2.45) is 11.3 Å². The molecule has 0 radical (unpaired) electrons. The fourth-order valence-electron chi connectivity index (χ4n) is 3.09. The van der Waals surface area contributed by atoms with Crippen molar-refractivity contribution in [1.29, 1.82) is 0 Å². The minimum Gasteiger partial charge on any atom is -0.465 e. The van der Waals surface area contributed by atoms with Gasteiger partial charge in [-0.25, -0.2) is 4.79 Å². The zero-order chi connectivity index (χ0) is 22.4. The van der Waals surface area contributed by atoms with Crippen LogP contribution >= 0.6 is 0 Å². The molecular weight excluding hydrogens is 380 g/mol. The van der Waals surface area contributed by atoms with Gasteiger partial charge >= 0.3 is 6.09 Å². The molecule has 0 bridgehead atoms. The van der Waals surface area contributed by atoms with Gasteiger partial charge in [0.25, 0.3) is 0 Å². The quantitative estimate of drug-likeness (QED) is 0.340. The highest BCUT2D eigenvalue weighted by molar-refractivity contribution is 5.94. The van der Waals surface area contributed by atoms with Gasteiger partial charge in [-0.05, 0) is 38.5 Å². The maximum atomic E-state index is 12.8. The van der Waals surface area contributed by atoms with Crippen LogP contribution in [0.1, 0.15) is 53.9 Å². The normalized spacial score (nSPS) is 18.9. The predicted octanol–water partition coefficient (Wildman–Crippen LogP) is 0.164. The summed E-state index contributed by atoms with van der Waals surface area (Å²) in [5, 5.41) is 18.9. The van der Waals surface area contributed by atoms with E-state index in [-0.39, 0.29) is 30.1 Å². The summed E-state index contributed by atoms with van der Waals surface area (Å²) >= 11 is 0. The average Bonchev–Trinajstić information content (AvgIpc) is 2.95. The topological polar surface area (TPSA) is 154 Å². The number of hydrogen-bond donors (Lipinski definition) is 5. The van der Waals surface area contributed by atoms with Crippen LogP contribution in [0.4, 0.5) is 4.79 Å². The van der Waals surface area contributed by atoms with Crippen LogP contribution < -0.4 is 21.3 Å². The molecule has 29 heavy (non-hydrogen) atoms. The SMILES string of the molecule is CC(C)(C)CC(NC(=O)C(C)(C)NC(=O)O)C(=O)NC(C=O)CC1CCNC1=O. The molecule has 1 aliphatic heterocycles. The lowest BCUT2D eigenvalue weighted by atomic mass is 9.87. The maximum Gasteiger partial charge on any atom is 0.405 e. The number of carbonyl (C=O) groups excluding carboxylic acids is 4. The molecule has 1 rings (SSSR count).